The monoisotopic (exact) mass is 283 g/mol. The molecule has 19 heavy (non-hydrogen) atoms. The fourth-order valence-electron chi connectivity index (χ4n) is 2.24. The first kappa shape index (κ1) is 14.5. The van der Waals surface area contributed by atoms with Crippen molar-refractivity contribution >= 4 is 10.0 Å². The van der Waals surface area contributed by atoms with Crippen molar-refractivity contribution in [2.24, 2.45) is 0 Å². The van der Waals surface area contributed by atoms with Gasteiger partial charge in [-0.15, -0.1) is 0 Å². The molecule has 0 radical (unpaired) electrons. The molecule has 0 saturated carbocycles. The quantitative estimate of drug-likeness (QED) is 0.853. The minimum absolute atomic E-state index is 0.0547. The number of hydrogen-bond donors (Lipinski definition) is 0. The molecule has 2 atom stereocenters. The number of morpholine rings is 1. The maximum Gasteiger partial charge on any atom is 0.243 e. The molecule has 2 rings (SSSR count). The van der Waals surface area contributed by atoms with Crippen LogP contribution in [-0.4, -0.2) is 38.0 Å². The zero-order chi connectivity index (χ0) is 14.0. The second kappa shape index (κ2) is 5.61. The minimum Gasteiger partial charge on any atom is -0.375 e. The van der Waals surface area contributed by atoms with E-state index in [-0.39, 0.29) is 12.1 Å². The number of benzene rings is 1. The maximum absolute atomic E-state index is 12.6. The molecule has 0 spiro atoms. The van der Waals surface area contributed by atoms with Crippen LogP contribution in [0.15, 0.2) is 29.2 Å². The van der Waals surface area contributed by atoms with Crippen molar-refractivity contribution in [1.29, 1.82) is 0 Å². The van der Waals surface area contributed by atoms with Crippen LogP contribution in [0.2, 0.25) is 0 Å². The summed E-state index contributed by atoms with van der Waals surface area (Å²) >= 11 is 0. The Balaban J connectivity index is 2.29. The van der Waals surface area contributed by atoms with Crippen LogP contribution in [0.3, 0.4) is 0 Å². The van der Waals surface area contributed by atoms with Gasteiger partial charge < -0.3 is 4.74 Å². The van der Waals surface area contributed by atoms with Gasteiger partial charge in [0.05, 0.1) is 17.6 Å². The van der Waals surface area contributed by atoms with E-state index in [1.165, 1.54) is 0 Å². The molecular formula is C14H21NO3S. The van der Waals surface area contributed by atoms with E-state index >= 15 is 0 Å². The third-order valence-electron chi connectivity index (χ3n) is 3.49. The van der Waals surface area contributed by atoms with Crippen molar-refractivity contribution in [2.75, 3.05) is 13.2 Å². The Labute approximate surface area is 115 Å². The van der Waals surface area contributed by atoms with Gasteiger partial charge in [0, 0.05) is 12.6 Å². The molecule has 1 aromatic carbocycles. The van der Waals surface area contributed by atoms with Gasteiger partial charge in [-0.1, -0.05) is 19.1 Å². The lowest BCUT2D eigenvalue weighted by atomic mass is 10.2. The van der Waals surface area contributed by atoms with Gasteiger partial charge in [0.15, 0.2) is 0 Å². The van der Waals surface area contributed by atoms with E-state index in [4.69, 9.17) is 4.74 Å². The molecule has 0 N–H and O–H groups in total. The van der Waals surface area contributed by atoms with Crippen molar-refractivity contribution in [2.45, 2.75) is 44.2 Å². The molecule has 5 heteroatoms. The topological polar surface area (TPSA) is 46.6 Å². The predicted molar refractivity (Wildman–Crippen MR) is 74.6 cm³/mol. The fraction of sp³-hybridized carbons (Fsp3) is 0.571. The number of sulfonamides is 1. The Morgan fingerprint density at radius 1 is 1.26 bits per heavy atom. The van der Waals surface area contributed by atoms with E-state index in [0.717, 1.165) is 12.0 Å². The van der Waals surface area contributed by atoms with Crippen LogP contribution < -0.4 is 0 Å². The summed E-state index contributed by atoms with van der Waals surface area (Å²) in [5, 5.41) is 0. The highest BCUT2D eigenvalue weighted by Crippen LogP contribution is 2.22. The summed E-state index contributed by atoms with van der Waals surface area (Å²) in [7, 11) is -3.42. The normalized spacial score (nSPS) is 25.4. The van der Waals surface area contributed by atoms with Gasteiger partial charge in [0.25, 0.3) is 0 Å². The summed E-state index contributed by atoms with van der Waals surface area (Å²) in [4.78, 5) is 0.366. The lowest BCUT2D eigenvalue weighted by Crippen LogP contribution is -2.50. The number of rotatable bonds is 3. The Bertz CT molecular complexity index is 524. The smallest absolute Gasteiger partial charge is 0.243 e. The summed E-state index contributed by atoms with van der Waals surface area (Å²) in [6, 6.07) is 7.03. The van der Waals surface area contributed by atoms with Crippen molar-refractivity contribution < 1.29 is 13.2 Å². The summed E-state index contributed by atoms with van der Waals surface area (Å²) in [6.07, 6.45) is 0.853. The predicted octanol–water partition coefficient (Wildman–Crippen LogP) is 2.05. The molecular weight excluding hydrogens is 262 g/mol. The number of nitrogens with zero attached hydrogens (tertiary/aromatic N) is 1. The maximum atomic E-state index is 12.6. The van der Waals surface area contributed by atoms with E-state index in [9.17, 15) is 8.42 Å². The van der Waals surface area contributed by atoms with Crippen LogP contribution in [0.25, 0.3) is 0 Å². The van der Waals surface area contributed by atoms with Crippen LogP contribution in [0.4, 0.5) is 0 Å². The van der Waals surface area contributed by atoms with Gasteiger partial charge in [0.1, 0.15) is 0 Å². The molecule has 1 aromatic rings. The van der Waals surface area contributed by atoms with Crippen molar-refractivity contribution in [3.63, 3.8) is 0 Å². The lowest BCUT2D eigenvalue weighted by molar-refractivity contribution is -0.0170. The average molecular weight is 283 g/mol. The standard InChI is InChI=1S/C14H21NO3S/c1-4-13-5-7-14(8-6-13)19(16,17)15-9-12(3)18-10-11(15)2/h5-8,11-12H,4,9-10H2,1-3H3. The van der Waals surface area contributed by atoms with Crippen LogP contribution in [0, 0.1) is 0 Å². The number of ether oxygens (including phenoxy) is 1. The van der Waals surface area contributed by atoms with Crippen LogP contribution in [0.1, 0.15) is 26.3 Å². The van der Waals surface area contributed by atoms with Gasteiger partial charge in [-0.2, -0.15) is 4.31 Å². The Morgan fingerprint density at radius 3 is 2.47 bits per heavy atom. The molecule has 0 bridgehead atoms. The number of aryl methyl sites for hydroxylation is 1. The summed E-state index contributed by atoms with van der Waals surface area (Å²) in [5.41, 5.74) is 1.14. The lowest BCUT2D eigenvalue weighted by Gasteiger charge is -2.35. The van der Waals surface area contributed by atoms with E-state index in [1.807, 2.05) is 26.0 Å². The van der Waals surface area contributed by atoms with Gasteiger partial charge in [-0.05, 0) is 38.0 Å². The number of hydrogen-bond acceptors (Lipinski definition) is 3. The van der Waals surface area contributed by atoms with Crippen molar-refractivity contribution in [3.05, 3.63) is 29.8 Å². The molecule has 1 fully saturated rings. The van der Waals surface area contributed by atoms with E-state index in [0.29, 0.717) is 18.0 Å². The largest absolute Gasteiger partial charge is 0.375 e. The molecule has 0 aliphatic carbocycles. The first-order valence-corrected chi connectivity index (χ1v) is 8.11. The molecule has 1 heterocycles. The Kier molecular flexibility index (Phi) is 4.28. The second-order valence-electron chi connectivity index (χ2n) is 5.07. The third-order valence-corrected chi connectivity index (χ3v) is 5.48. The molecule has 1 aliphatic rings. The zero-order valence-electron chi connectivity index (χ0n) is 11.7. The third kappa shape index (κ3) is 2.99. The SMILES string of the molecule is CCc1ccc(S(=O)(=O)N2CC(C)OCC2C)cc1. The van der Waals surface area contributed by atoms with E-state index in [2.05, 4.69) is 6.92 Å². The molecule has 0 aromatic heterocycles. The van der Waals surface area contributed by atoms with Crippen molar-refractivity contribution in [3.8, 4) is 0 Å². The van der Waals surface area contributed by atoms with Crippen molar-refractivity contribution in [1.82, 2.24) is 4.31 Å². The molecule has 1 aliphatic heterocycles. The second-order valence-corrected chi connectivity index (χ2v) is 6.96. The van der Waals surface area contributed by atoms with Crippen LogP contribution in [-0.2, 0) is 21.2 Å². The van der Waals surface area contributed by atoms with Gasteiger partial charge in [-0.25, -0.2) is 8.42 Å². The molecule has 1 saturated heterocycles. The Morgan fingerprint density at radius 2 is 1.89 bits per heavy atom. The molecule has 2 unspecified atom stereocenters. The first-order chi connectivity index (χ1) is 8.95. The average Bonchev–Trinajstić information content (AvgIpc) is 2.41. The zero-order valence-corrected chi connectivity index (χ0v) is 12.5. The fourth-order valence-corrected chi connectivity index (χ4v) is 3.93. The highest BCUT2D eigenvalue weighted by molar-refractivity contribution is 7.89. The van der Waals surface area contributed by atoms with Gasteiger partial charge in [-0.3, -0.25) is 0 Å². The molecule has 106 valence electrons. The van der Waals surface area contributed by atoms with Gasteiger partial charge in [0.2, 0.25) is 10.0 Å². The molecule has 4 nitrogen and oxygen atoms in total. The van der Waals surface area contributed by atoms with E-state index in [1.54, 1.807) is 16.4 Å². The summed E-state index contributed by atoms with van der Waals surface area (Å²) in [6.45, 7) is 6.69. The summed E-state index contributed by atoms with van der Waals surface area (Å²) in [5.74, 6) is 0. The first-order valence-electron chi connectivity index (χ1n) is 6.67. The summed E-state index contributed by atoms with van der Waals surface area (Å²) < 4.78 is 32.3. The van der Waals surface area contributed by atoms with Crippen LogP contribution >= 0.6 is 0 Å². The highest BCUT2D eigenvalue weighted by Gasteiger charge is 2.33. The van der Waals surface area contributed by atoms with Crippen LogP contribution in [0.5, 0.6) is 0 Å². The minimum atomic E-state index is -3.42. The van der Waals surface area contributed by atoms with Gasteiger partial charge >= 0.3 is 0 Å². The molecule has 0 amide bonds. The van der Waals surface area contributed by atoms with E-state index < -0.39 is 10.0 Å². The highest BCUT2D eigenvalue weighted by atomic mass is 32.2. The Hall–Kier alpha value is -0.910.